The second kappa shape index (κ2) is 28.3. The van der Waals surface area contributed by atoms with Gasteiger partial charge < -0.3 is 9.47 Å². The molecule has 6 unspecified atom stereocenters. The van der Waals surface area contributed by atoms with Crippen LogP contribution in [-0.4, -0.2) is 78.3 Å². The maximum atomic E-state index is 14.8. The van der Waals surface area contributed by atoms with Crippen LogP contribution in [0.15, 0.2) is 24.3 Å². The number of benzene rings is 1. The SMILES string of the molecule is CCCCSC(=S)SC(C)C(C(=O)N(C=O)c1cccc(N2C(=O)C(SC(=S)SCCCC)C(C(C)(C)C(=O)OCCCC(C)CC)C2=O)c1)C(C)(C)C(=O)OCCCC(C)CC. The van der Waals surface area contributed by atoms with Crippen molar-refractivity contribution in [3.63, 3.8) is 0 Å². The number of unbranched alkanes of at least 4 members (excludes halogenated alkanes) is 2. The molecule has 4 amide bonds. The molecule has 0 bridgehead atoms. The van der Waals surface area contributed by atoms with Gasteiger partial charge in [-0.05, 0) is 108 Å². The van der Waals surface area contributed by atoms with E-state index in [2.05, 4.69) is 41.5 Å². The highest BCUT2D eigenvalue weighted by Crippen LogP contribution is 2.46. The molecule has 10 nitrogen and oxygen atoms in total. The monoisotopic (exact) mass is 984 g/mol. The highest BCUT2D eigenvalue weighted by atomic mass is 32.2. The van der Waals surface area contributed by atoms with Gasteiger partial charge in [0.15, 0.2) is 0 Å². The van der Waals surface area contributed by atoms with Crippen molar-refractivity contribution in [3.05, 3.63) is 24.3 Å². The number of carbonyl (C=O) groups excluding carboxylic acids is 6. The van der Waals surface area contributed by atoms with Gasteiger partial charge in [-0.2, -0.15) is 0 Å². The summed E-state index contributed by atoms with van der Waals surface area (Å²) in [4.78, 5) is 86.7. The minimum Gasteiger partial charge on any atom is -0.465 e. The number of esters is 2. The molecule has 2 rings (SSSR count). The summed E-state index contributed by atoms with van der Waals surface area (Å²) in [5.74, 6) is -2.67. The Bertz CT molecular complexity index is 1720. The number of ether oxygens (including phenoxy) is 2. The van der Waals surface area contributed by atoms with Gasteiger partial charge in [0.25, 0.3) is 0 Å². The first-order valence-electron chi connectivity index (χ1n) is 22.5. The first-order chi connectivity index (χ1) is 29.7. The zero-order valence-electron chi connectivity index (χ0n) is 39.4. The van der Waals surface area contributed by atoms with E-state index in [1.807, 2.05) is 6.92 Å². The fourth-order valence-electron chi connectivity index (χ4n) is 7.19. The summed E-state index contributed by atoms with van der Waals surface area (Å²) in [6, 6.07) is 6.07. The van der Waals surface area contributed by atoms with Crippen molar-refractivity contribution in [2.75, 3.05) is 34.5 Å². The van der Waals surface area contributed by atoms with Crippen LogP contribution in [0.2, 0.25) is 0 Å². The molecule has 1 aromatic rings. The fraction of sp³-hybridized carbons (Fsp3) is 0.702. The number of rotatable bonds is 27. The van der Waals surface area contributed by atoms with Crippen LogP contribution in [0.5, 0.6) is 0 Å². The predicted molar refractivity (Wildman–Crippen MR) is 275 cm³/mol. The Kier molecular flexibility index (Phi) is 25.6. The van der Waals surface area contributed by atoms with Crippen molar-refractivity contribution in [3.8, 4) is 0 Å². The molecule has 6 atom stereocenters. The highest BCUT2D eigenvalue weighted by Gasteiger charge is 2.58. The number of carbonyl (C=O) groups is 6. The second-order valence-electron chi connectivity index (χ2n) is 17.6. The Morgan fingerprint density at radius 3 is 1.87 bits per heavy atom. The minimum absolute atomic E-state index is 0.0891. The van der Waals surface area contributed by atoms with E-state index in [-0.39, 0.29) is 24.6 Å². The lowest BCUT2D eigenvalue weighted by Crippen LogP contribution is -2.49. The number of amides is 4. The lowest BCUT2D eigenvalue weighted by molar-refractivity contribution is -0.160. The summed E-state index contributed by atoms with van der Waals surface area (Å²) in [6.45, 7) is 21.5. The van der Waals surface area contributed by atoms with Gasteiger partial charge in [-0.3, -0.25) is 33.7 Å². The highest BCUT2D eigenvalue weighted by molar-refractivity contribution is 8.48. The van der Waals surface area contributed by atoms with Crippen LogP contribution in [0.4, 0.5) is 11.4 Å². The van der Waals surface area contributed by atoms with Gasteiger partial charge in [0.1, 0.15) is 12.3 Å². The van der Waals surface area contributed by atoms with Gasteiger partial charge in [-0.15, -0.1) is 35.3 Å². The second-order valence-corrected chi connectivity index (χ2v) is 24.7. The summed E-state index contributed by atoms with van der Waals surface area (Å²) in [6.07, 6.45) is 9.42. The molecular weight excluding hydrogens is 913 g/mol. The summed E-state index contributed by atoms with van der Waals surface area (Å²) in [7, 11) is 0. The van der Waals surface area contributed by atoms with Crippen molar-refractivity contribution in [2.24, 2.45) is 34.5 Å². The molecule has 1 aromatic carbocycles. The van der Waals surface area contributed by atoms with Crippen LogP contribution in [0.3, 0.4) is 0 Å². The molecule has 0 radical (unpaired) electrons. The Balaban J connectivity index is 2.59. The fourth-order valence-corrected chi connectivity index (χ4v) is 13.4. The Hall–Kier alpha value is -1.98. The maximum absolute atomic E-state index is 14.8. The standard InChI is InChI=1S/C47H72N2O8S6/c1-12-16-27-60-44(58)62-33(7)36(46(8,9)42(54)56-25-19-21-31(5)14-3)39(51)48(30-50)34-23-18-24-35(29-34)49-40(52)37(38(41(49)53)63-45(59)61-28-17-13-2)47(10,11)43(55)57-26-20-22-32(6)15-4/h18,23-24,29-33,36-38H,12-17,19-22,25-28H2,1-11H3. The summed E-state index contributed by atoms with van der Waals surface area (Å²) >= 11 is 16.8. The van der Waals surface area contributed by atoms with Gasteiger partial charge >= 0.3 is 11.9 Å². The molecule has 63 heavy (non-hydrogen) atoms. The lowest BCUT2D eigenvalue weighted by atomic mass is 9.76. The molecule has 1 saturated heterocycles. The number of hydrogen-bond acceptors (Lipinski definition) is 14. The van der Waals surface area contributed by atoms with Crippen molar-refractivity contribution < 1.29 is 38.2 Å². The van der Waals surface area contributed by atoms with Crippen LogP contribution in [0.1, 0.15) is 140 Å². The molecule has 0 saturated carbocycles. The minimum atomic E-state index is -1.41. The largest absolute Gasteiger partial charge is 0.465 e. The van der Waals surface area contributed by atoms with E-state index in [1.54, 1.807) is 39.8 Å². The van der Waals surface area contributed by atoms with Crippen LogP contribution in [-0.2, 0) is 38.2 Å². The quantitative estimate of drug-likeness (QED) is 0.0273. The number of anilines is 2. The number of thioether (sulfide) groups is 4. The van der Waals surface area contributed by atoms with E-state index in [0.717, 1.165) is 84.4 Å². The molecule has 1 heterocycles. The molecular formula is C47H72N2O8S6. The number of thiocarbonyl (C=S) groups is 2. The zero-order valence-corrected chi connectivity index (χ0v) is 44.3. The first kappa shape index (κ1) is 57.1. The van der Waals surface area contributed by atoms with Gasteiger partial charge in [-0.25, -0.2) is 4.90 Å². The molecule has 1 fully saturated rings. The lowest BCUT2D eigenvalue weighted by Gasteiger charge is -2.37. The molecule has 0 aromatic heterocycles. The summed E-state index contributed by atoms with van der Waals surface area (Å²) in [5.41, 5.74) is -2.59. The van der Waals surface area contributed by atoms with E-state index in [9.17, 15) is 28.8 Å². The van der Waals surface area contributed by atoms with Crippen molar-refractivity contribution in [2.45, 2.75) is 151 Å². The Morgan fingerprint density at radius 2 is 1.35 bits per heavy atom. The van der Waals surface area contributed by atoms with Crippen LogP contribution >= 0.6 is 71.5 Å². The van der Waals surface area contributed by atoms with Gasteiger partial charge in [0.05, 0.1) is 47.3 Å². The molecule has 0 N–H and O–H groups in total. The molecule has 1 aliphatic heterocycles. The average Bonchev–Trinajstić information content (AvgIpc) is 3.48. The average molecular weight is 986 g/mol. The van der Waals surface area contributed by atoms with Crippen molar-refractivity contribution in [1.29, 1.82) is 0 Å². The molecule has 16 heteroatoms. The Morgan fingerprint density at radius 1 is 0.810 bits per heavy atom. The third kappa shape index (κ3) is 16.7. The van der Waals surface area contributed by atoms with Gasteiger partial charge in [0.2, 0.25) is 24.1 Å². The summed E-state index contributed by atoms with van der Waals surface area (Å²) < 4.78 is 12.6. The predicted octanol–water partition coefficient (Wildman–Crippen LogP) is 11.9. The van der Waals surface area contributed by atoms with E-state index in [4.69, 9.17) is 33.9 Å². The van der Waals surface area contributed by atoms with Gasteiger partial charge in [-0.1, -0.05) is 116 Å². The van der Waals surface area contributed by atoms with Crippen molar-refractivity contribution >= 4 is 126 Å². The van der Waals surface area contributed by atoms with Crippen LogP contribution < -0.4 is 9.80 Å². The Labute approximate surface area is 405 Å². The maximum Gasteiger partial charge on any atom is 0.312 e. The first-order valence-corrected chi connectivity index (χ1v) is 27.1. The third-order valence-corrected chi connectivity index (χ3v) is 17.6. The van der Waals surface area contributed by atoms with Crippen LogP contribution in [0.25, 0.3) is 0 Å². The smallest absolute Gasteiger partial charge is 0.312 e. The van der Waals surface area contributed by atoms with E-state index < -0.39 is 62.8 Å². The third-order valence-electron chi connectivity index (χ3n) is 11.8. The molecule has 354 valence electrons. The van der Waals surface area contributed by atoms with Crippen molar-refractivity contribution in [1.82, 2.24) is 0 Å². The summed E-state index contributed by atoms with van der Waals surface area (Å²) in [5, 5.41) is -1.59. The number of imide groups is 2. The molecule has 0 aliphatic carbocycles. The topological polar surface area (TPSA) is 127 Å². The van der Waals surface area contributed by atoms with E-state index in [1.165, 1.54) is 47.4 Å². The van der Waals surface area contributed by atoms with E-state index in [0.29, 0.717) is 38.1 Å². The number of nitrogens with zero attached hydrogens (tertiary/aromatic N) is 2. The zero-order chi connectivity index (χ0) is 47.5. The number of hydrogen-bond donors (Lipinski definition) is 0. The molecule has 0 spiro atoms. The normalized spacial score (nSPS) is 17.5. The van der Waals surface area contributed by atoms with Crippen LogP contribution in [0, 0.1) is 34.5 Å². The molecule has 1 aliphatic rings. The van der Waals surface area contributed by atoms with E-state index >= 15 is 0 Å². The van der Waals surface area contributed by atoms with Gasteiger partial charge in [0, 0.05) is 5.25 Å².